The van der Waals surface area contributed by atoms with Crippen molar-refractivity contribution < 1.29 is 33.4 Å². The predicted molar refractivity (Wildman–Crippen MR) is 122 cm³/mol. The third-order valence-corrected chi connectivity index (χ3v) is 5.01. The van der Waals surface area contributed by atoms with Gasteiger partial charge in [0.05, 0.1) is 36.8 Å². The highest BCUT2D eigenvalue weighted by molar-refractivity contribution is 6.08. The van der Waals surface area contributed by atoms with Gasteiger partial charge in [0.25, 0.3) is 5.91 Å². The van der Waals surface area contributed by atoms with Crippen molar-refractivity contribution in [2.75, 3.05) is 32.6 Å². The molecule has 1 saturated heterocycles. The molecule has 0 radical (unpaired) electrons. The van der Waals surface area contributed by atoms with Crippen LogP contribution in [0.15, 0.2) is 42.5 Å². The third kappa shape index (κ3) is 6.53. The van der Waals surface area contributed by atoms with Gasteiger partial charge in [-0.1, -0.05) is 12.1 Å². The Morgan fingerprint density at radius 3 is 2.18 bits per heavy atom. The lowest BCUT2D eigenvalue weighted by Crippen LogP contribution is -2.36. The summed E-state index contributed by atoms with van der Waals surface area (Å²) < 4.78 is 14.9. The van der Waals surface area contributed by atoms with Gasteiger partial charge in [0, 0.05) is 12.2 Å². The van der Waals surface area contributed by atoms with Crippen molar-refractivity contribution in [3.8, 4) is 5.75 Å². The molecule has 1 heterocycles. The van der Waals surface area contributed by atoms with E-state index in [9.17, 15) is 19.2 Å². The van der Waals surface area contributed by atoms with Gasteiger partial charge < -0.3 is 24.8 Å². The fraction of sp³-hybridized carbons (Fsp3) is 0.304. The number of piperidine rings is 1. The van der Waals surface area contributed by atoms with Crippen LogP contribution in [0.3, 0.4) is 0 Å². The highest BCUT2D eigenvalue weighted by Crippen LogP contribution is 2.24. The number of rotatable bonds is 6. The number of carbonyl (C=O) groups excluding carboxylic acids is 4. The number of esters is 3. The highest BCUT2D eigenvalue weighted by Gasteiger charge is 2.25. The quantitative estimate of drug-likeness (QED) is 0.482. The fourth-order valence-corrected chi connectivity index (χ4v) is 3.36. The van der Waals surface area contributed by atoms with Crippen molar-refractivity contribution in [3.05, 3.63) is 59.2 Å². The first-order chi connectivity index (χ1) is 15.4. The molecular weight excluding hydrogens is 452 g/mol. The maximum Gasteiger partial charge on any atom is 0.337 e. The molecule has 1 unspecified atom stereocenters. The van der Waals surface area contributed by atoms with Crippen molar-refractivity contribution in [3.63, 3.8) is 0 Å². The Morgan fingerprint density at radius 1 is 0.970 bits per heavy atom. The molecule has 0 aliphatic carbocycles. The molecule has 33 heavy (non-hydrogen) atoms. The molecule has 3 rings (SSSR count). The lowest BCUT2D eigenvalue weighted by atomic mass is 10.00. The molecule has 2 aromatic rings. The molecule has 1 aliphatic rings. The van der Waals surface area contributed by atoms with Crippen LogP contribution in [0.5, 0.6) is 5.75 Å². The third-order valence-electron chi connectivity index (χ3n) is 5.01. The molecule has 10 heteroatoms. The van der Waals surface area contributed by atoms with Crippen LogP contribution in [0.1, 0.15) is 43.9 Å². The second-order valence-corrected chi connectivity index (χ2v) is 7.20. The summed E-state index contributed by atoms with van der Waals surface area (Å²) >= 11 is 0. The summed E-state index contributed by atoms with van der Waals surface area (Å²) in [7, 11) is 2.41. The van der Waals surface area contributed by atoms with Crippen LogP contribution < -0.4 is 15.4 Å². The molecule has 0 bridgehead atoms. The molecule has 2 N–H and O–H groups in total. The number of amides is 1. The van der Waals surface area contributed by atoms with Gasteiger partial charge in [-0.25, -0.2) is 9.59 Å². The van der Waals surface area contributed by atoms with Crippen molar-refractivity contribution in [1.29, 1.82) is 0 Å². The lowest BCUT2D eigenvalue weighted by molar-refractivity contribution is -0.139. The Labute approximate surface area is 197 Å². The predicted octanol–water partition coefficient (Wildman–Crippen LogP) is 2.84. The van der Waals surface area contributed by atoms with E-state index in [0.717, 1.165) is 19.4 Å². The Hall–Kier alpha value is -3.43. The van der Waals surface area contributed by atoms with Crippen molar-refractivity contribution in [2.45, 2.75) is 12.8 Å². The zero-order valence-corrected chi connectivity index (χ0v) is 19.0. The van der Waals surface area contributed by atoms with E-state index in [2.05, 4.69) is 10.6 Å². The number of ether oxygens (including phenoxy) is 3. The number of hydrogen-bond donors (Lipinski definition) is 2. The number of nitrogens with one attached hydrogen (secondary N) is 2. The summed E-state index contributed by atoms with van der Waals surface area (Å²) in [6.45, 7) is 1.39. The SMILES string of the molecule is COC(=O)c1cc(NC(=O)c2ccccc2OC(=O)C2CCCNC2)cc(C(=O)OC)c1.Cl. The van der Waals surface area contributed by atoms with E-state index in [1.54, 1.807) is 12.1 Å². The number of hydrogen-bond acceptors (Lipinski definition) is 8. The number of para-hydroxylation sites is 1. The van der Waals surface area contributed by atoms with E-state index in [0.29, 0.717) is 6.54 Å². The van der Waals surface area contributed by atoms with E-state index in [1.165, 1.54) is 44.6 Å². The molecule has 0 spiro atoms. The van der Waals surface area contributed by atoms with Gasteiger partial charge in [0.1, 0.15) is 5.75 Å². The van der Waals surface area contributed by atoms with Gasteiger partial charge in [-0.15, -0.1) is 12.4 Å². The molecule has 1 fully saturated rings. The van der Waals surface area contributed by atoms with Crippen LogP contribution in [-0.4, -0.2) is 51.1 Å². The normalized spacial score (nSPS) is 14.9. The van der Waals surface area contributed by atoms with Gasteiger partial charge in [-0.05, 0) is 49.7 Å². The summed E-state index contributed by atoms with van der Waals surface area (Å²) in [6.07, 6.45) is 1.60. The van der Waals surface area contributed by atoms with E-state index in [1.807, 2.05) is 0 Å². The van der Waals surface area contributed by atoms with Gasteiger partial charge in [0.2, 0.25) is 0 Å². The highest BCUT2D eigenvalue weighted by atomic mass is 35.5. The van der Waals surface area contributed by atoms with Crippen LogP contribution in [0.2, 0.25) is 0 Å². The molecule has 0 saturated carbocycles. The summed E-state index contributed by atoms with van der Waals surface area (Å²) in [4.78, 5) is 49.4. The first-order valence-electron chi connectivity index (χ1n) is 10.1. The largest absolute Gasteiger partial charge is 0.465 e. The van der Waals surface area contributed by atoms with Gasteiger partial charge in [-0.2, -0.15) is 0 Å². The van der Waals surface area contributed by atoms with Crippen LogP contribution in [-0.2, 0) is 14.3 Å². The van der Waals surface area contributed by atoms with E-state index in [4.69, 9.17) is 14.2 Å². The summed E-state index contributed by atoms with van der Waals surface area (Å²) in [5, 5.41) is 5.79. The van der Waals surface area contributed by atoms with E-state index >= 15 is 0 Å². The first-order valence-corrected chi connectivity index (χ1v) is 10.1. The summed E-state index contributed by atoms with van der Waals surface area (Å²) in [5.74, 6) is -2.49. The first kappa shape index (κ1) is 25.8. The number of halogens is 1. The van der Waals surface area contributed by atoms with Crippen molar-refractivity contribution in [1.82, 2.24) is 5.32 Å². The van der Waals surface area contributed by atoms with Crippen molar-refractivity contribution in [2.24, 2.45) is 5.92 Å². The Kier molecular flexibility index (Phi) is 9.38. The number of benzene rings is 2. The topological polar surface area (TPSA) is 120 Å². The van der Waals surface area contributed by atoms with Crippen LogP contribution in [0.4, 0.5) is 5.69 Å². The zero-order valence-electron chi connectivity index (χ0n) is 18.2. The monoisotopic (exact) mass is 476 g/mol. The Balaban J connectivity index is 0.00000385. The van der Waals surface area contributed by atoms with Gasteiger partial charge in [0.15, 0.2) is 0 Å². The minimum atomic E-state index is -0.679. The maximum absolute atomic E-state index is 12.9. The van der Waals surface area contributed by atoms with E-state index in [-0.39, 0.29) is 46.5 Å². The zero-order chi connectivity index (χ0) is 23.1. The molecule has 2 aromatic carbocycles. The van der Waals surface area contributed by atoms with Gasteiger partial charge in [-0.3, -0.25) is 9.59 Å². The minimum absolute atomic E-state index is 0. The minimum Gasteiger partial charge on any atom is -0.465 e. The smallest absolute Gasteiger partial charge is 0.337 e. The second-order valence-electron chi connectivity index (χ2n) is 7.20. The molecule has 1 aliphatic heterocycles. The van der Waals surface area contributed by atoms with Gasteiger partial charge >= 0.3 is 17.9 Å². The number of methoxy groups -OCH3 is 2. The number of anilines is 1. The van der Waals surface area contributed by atoms with Crippen LogP contribution >= 0.6 is 12.4 Å². The summed E-state index contributed by atoms with van der Waals surface area (Å²) in [6, 6.07) is 10.4. The summed E-state index contributed by atoms with van der Waals surface area (Å²) in [5.41, 5.74) is 0.439. The molecular formula is C23H25ClN2O7. The van der Waals surface area contributed by atoms with Crippen LogP contribution in [0, 0.1) is 5.92 Å². The molecule has 9 nitrogen and oxygen atoms in total. The average Bonchev–Trinajstić information content (AvgIpc) is 2.83. The van der Waals surface area contributed by atoms with Crippen LogP contribution in [0.25, 0.3) is 0 Å². The lowest BCUT2D eigenvalue weighted by Gasteiger charge is -2.21. The Bertz CT molecular complexity index is 1000. The standard InChI is InChI=1S/C23H24N2O7.ClH/c1-30-21(27)15-10-16(22(28)31-2)12-17(11-15)25-20(26)18-7-3-4-8-19(18)32-23(29)14-6-5-9-24-13-14;/h3-4,7-8,10-12,14,24H,5-6,9,13H2,1-2H3,(H,25,26);1H. The number of carbonyl (C=O) groups is 4. The molecule has 1 amide bonds. The maximum atomic E-state index is 12.9. The molecule has 0 aromatic heterocycles. The second kappa shape index (κ2) is 12.0. The molecule has 176 valence electrons. The Morgan fingerprint density at radius 2 is 1.61 bits per heavy atom. The fourth-order valence-electron chi connectivity index (χ4n) is 3.36. The van der Waals surface area contributed by atoms with E-state index < -0.39 is 23.8 Å². The van der Waals surface area contributed by atoms with Crippen molar-refractivity contribution >= 4 is 41.9 Å². The molecule has 1 atom stereocenters. The average molecular weight is 477 g/mol.